The molecule has 3 aromatic rings. The second kappa shape index (κ2) is 32.5. The molecule has 0 aliphatic carbocycles. The number of H-pyrrole nitrogens is 1. The van der Waals surface area contributed by atoms with Crippen LogP contribution in [0.1, 0.15) is 77.3 Å². The van der Waals surface area contributed by atoms with Crippen LogP contribution in [0.25, 0.3) is 10.9 Å². The summed E-state index contributed by atoms with van der Waals surface area (Å²) in [6.07, 6.45) is 1.29. The number of unbranched alkanes of at least 4 members (excludes halogenated alkanes) is 2. The summed E-state index contributed by atoms with van der Waals surface area (Å²) >= 11 is 0. The summed E-state index contributed by atoms with van der Waals surface area (Å²) in [5.74, 6) is -7.36. The summed E-state index contributed by atoms with van der Waals surface area (Å²) in [6.45, 7) is 4.87. The summed E-state index contributed by atoms with van der Waals surface area (Å²) in [5.41, 5.74) is 23.0. The van der Waals surface area contributed by atoms with E-state index in [1.165, 1.54) is 38.2 Å². The van der Waals surface area contributed by atoms with Gasteiger partial charge in [-0.3, -0.25) is 43.8 Å². The van der Waals surface area contributed by atoms with Crippen molar-refractivity contribution in [3.8, 4) is 5.75 Å². The molecule has 1 aromatic heterocycles. The number of aromatic hydroxyl groups is 1. The van der Waals surface area contributed by atoms with Crippen molar-refractivity contribution in [2.24, 2.45) is 23.1 Å². The van der Waals surface area contributed by atoms with Crippen LogP contribution >= 0.6 is 0 Å². The second-order valence-corrected chi connectivity index (χ2v) is 19.0. The molecule has 2 aromatic carbocycles. The average Bonchev–Trinajstić information content (AvgIpc) is 3.81. The van der Waals surface area contributed by atoms with Gasteiger partial charge in [0.25, 0.3) is 5.91 Å². The van der Waals surface area contributed by atoms with Gasteiger partial charge < -0.3 is 74.7 Å². The molecule has 0 aliphatic heterocycles. The first-order chi connectivity index (χ1) is 37.0. The van der Waals surface area contributed by atoms with Crippen molar-refractivity contribution >= 4 is 70.2 Å². The number of amides is 12. The molecule has 12 amide bonds. The Labute approximate surface area is 451 Å². The van der Waals surface area contributed by atoms with Gasteiger partial charge in [0.15, 0.2) is 0 Å². The number of phenolic OH excluding ortho intramolecular Hbond substituents is 1. The van der Waals surface area contributed by atoms with Crippen LogP contribution in [-0.4, -0.2) is 172 Å². The predicted octanol–water partition coefficient (Wildman–Crippen LogP) is -3.04. The van der Waals surface area contributed by atoms with Crippen molar-refractivity contribution < 1.29 is 63.3 Å². The molecule has 7 atom stereocenters. The van der Waals surface area contributed by atoms with E-state index in [1.54, 1.807) is 44.3 Å². The number of para-hydroxylation sites is 1. The van der Waals surface area contributed by atoms with Gasteiger partial charge >= 0.3 is 12.1 Å². The zero-order valence-corrected chi connectivity index (χ0v) is 44.6. The number of fused-ring (bicyclic) bond motifs is 1. The number of nitrogens with one attached hydrogen (secondary N) is 10. The number of aliphatic hydroxyl groups excluding tert-OH is 2. The quantitative estimate of drug-likeness (QED) is 0.0233. The summed E-state index contributed by atoms with van der Waals surface area (Å²) in [4.78, 5) is 137. The first-order valence-electron chi connectivity index (χ1n) is 25.5. The first kappa shape index (κ1) is 64.2. The number of primary amides is 1. The number of aromatic nitrogens is 1. The molecule has 19 N–H and O–H groups in total. The van der Waals surface area contributed by atoms with Crippen molar-refractivity contribution in [2.45, 2.75) is 121 Å². The Morgan fingerprint density at radius 3 is 1.72 bits per heavy atom. The van der Waals surface area contributed by atoms with Gasteiger partial charge in [-0.25, -0.2) is 25.0 Å². The number of hydrogen-bond acceptors (Lipinski definition) is 15. The third-order valence-corrected chi connectivity index (χ3v) is 11.9. The zero-order chi connectivity index (χ0) is 58.1. The van der Waals surface area contributed by atoms with Crippen LogP contribution in [-0.2, 0) is 51.2 Å². The fourth-order valence-electron chi connectivity index (χ4n) is 7.79. The number of carbonyl (C=O) groups is 10. The molecule has 3 rings (SSSR count). The summed E-state index contributed by atoms with van der Waals surface area (Å²) in [5, 5.41) is 50.4. The minimum atomic E-state index is -1.74. The molecule has 0 saturated heterocycles. The maximum absolute atomic E-state index is 14.7. The van der Waals surface area contributed by atoms with Gasteiger partial charge in [-0.15, -0.1) is 0 Å². The molecule has 0 radical (unpaired) electrons. The summed E-state index contributed by atoms with van der Waals surface area (Å²) in [6, 6.07) is 1.97. The molecule has 0 saturated carbocycles. The summed E-state index contributed by atoms with van der Waals surface area (Å²) in [7, 11) is 1.18. The van der Waals surface area contributed by atoms with Crippen molar-refractivity contribution in [2.75, 3.05) is 39.8 Å². The number of aromatic amines is 1. The van der Waals surface area contributed by atoms with Crippen LogP contribution < -0.4 is 65.3 Å². The lowest BCUT2D eigenvalue weighted by Crippen LogP contribution is -2.62. The number of hydrazine groups is 2. The fourth-order valence-corrected chi connectivity index (χ4v) is 7.79. The van der Waals surface area contributed by atoms with E-state index < -0.39 is 115 Å². The van der Waals surface area contributed by atoms with Crippen molar-refractivity contribution in [3.63, 3.8) is 0 Å². The molecular formula is C50H77N15O13. The Morgan fingerprint density at radius 1 is 0.641 bits per heavy atom. The number of phenols is 1. The lowest BCUT2D eigenvalue weighted by Gasteiger charge is -2.29. The Balaban J connectivity index is 1.98. The van der Waals surface area contributed by atoms with Crippen LogP contribution in [0, 0.1) is 5.92 Å². The van der Waals surface area contributed by atoms with Crippen molar-refractivity contribution in [3.05, 3.63) is 65.9 Å². The highest BCUT2D eigenvalue weighted by molar-refractivity contribution is 5.98. The van der Waals surface area contributed by atoms with Gasteiger partial charge in [-0.05, 0) is 93.8 Å². The van der Waals surface area contributed by atoms with E-state index in [1.807, 2.05) is 0 Å². The largest absolute Gasteiger partial charge is 0.508 e. The maximum atomic E-state index is 14.7. The topological polar surface area (TPSA) is 440 Å². The molecule has 28 heteroatoms. The smallest absolute Gasteiger partial charge is 0.354 e. The highest BCUT2D eigenvalue weighted by Gasteiger charge is 2.35. The molecule has 1 heterocycles. The average molecular weight is 1100 g/mol. The lowest BCUT2D eigenvalue weighted by atomic mass is 10.0. The number of nitrogens with zero attached hydrogens (tertiary/aromatic N) is 2. The standard InChI is InChI=1S/C50H77N15O13/c1-28(2)26-65(49(77)55-25-41(53)70)63-50(78)64(5)62-47(75)37(15-9-11-21-52)57-45(73)39(23-32-24-54-35-13-7-6-12-34(32)35)60-44(72)38(22-31-16-18-33(69)19-17-31)59-46(74)40(27-66)61-43(71)36(14-8-10-20-51)58-48(76)42(29(3)67)56-30(4)68/h6-7,12-13,16-19,24,28-29,36-40,42,54,66-67,69H,8-11,14-15,20-23,25-27,51-52H2,1-5H3,(H2,53,70)(H,55,77)(H,56,68)(H,57,73)(H,58,76)(H,59,74)(H,60,72)(H,61,71)(H,62,75)(H,63,78)/t29-,36+,37+,38+,39+,40+,42+/m1/s1. The van der Waals surface area contributed by atoms with Crippen LogP contribution in [0.5, 0.6) is 5.75 Å². The molecule has 0 unspecified atom stereocenters. The van der Waals surface area contributed by atoms with E-state index in [-0.39, 0.29) is 57.0 Å². The Morgan fingerprint density at radius 2 is 1.17 bits per heavy atom. The van der Waals surface area contributed by atoms with Gasteiger partial charge in [-0.2, -0.15) is 0 Å². The molecule has 0 fully saturated rings. The molecule has 78 heavy (non-hydrogen) atoms. The van der Waals surface area contributed by atoms with Crippen molar-refractivity contribution in [1.82, 2.24) is 63.1 Å². The van der Waals surface area contributed by atoms with E-state index in [9.17, 15) is 63.3 Å². The zero-order valence-electron chi connectivity index (χ0n) is 44.6. The number of nitrogens with two attached hydrogens (primary N) is 3. The van der Waals surface area contributed by atoms with Gasteiger partial charge in [0.05, 0.1) is 19.3 Å². The van der Waals surface area contributed by atoms with Gasteiger partial charge in [0.2, 0.25) is 41.4 Å². The monoisotopic (exact) mass is 1100 g/mol. The number of hydrogen-bond donors (Lipinski definition) is 16. The van der Waals surface area contributed by atoms with Crippen molar-refractivity contribution in [1.29, 1.82) is 0 Å². The number of rotatable bonds is 30. The third-order valence-electron chi connectivity index (χ3n) is 11.9. The van der Waals surface area contributed by atoms with Gasteiger partial charge in [0, 0.05) is 50.5 Å². The third kappa shape index (κ3) is 21.5. The van der Waals surface area contributed by atoms with Crippen LogP contribution in [0.3, 0.4) is 0 Å². The Kier molecular flexibility index (Phi) is 26.7. The summed E-state index contributed by atoms with van der Waals surface area (Å²) < 4.78 is 0. The number of urea groups is 2. The molecule has 0 spiro atoms. The Bertz CT molecular complexity index is 2510. The molecule has 430 valence electrons. The minimum absolute atomic E-state index is 0.00517. The van der Waals surface area contributed by atoms with E-state index in [0.717, 1.165) is 16.9 Å². The minimum Gasteiger partial charge on any atom is -0.508 e. The second-order valence-electron chi connectivity index (χ2n) is 19.0. The van der Waals surface area contributed by atoms with E-state index in [0.29, 0.717) is 47.7 Å². The SMILES string of the molecule is CC(=O)N[C@H](C(=O)N[C@@H](CCCCN)C(=O)N[C@@H](CO)C(=O)N[C@@H](Cc1ccc(O)cc1)C(=O)N[C@@H](Cc1c[nH]c2ccccc12)C(=O)N[C@@H](CCCCN)C(=O)NN(C)C(=O)NN(CC(C)C)C(=O)NCC(N)=O)[C@@H](C)O. The van der Waals surface area contributed by atoms with Gasteiger partial charge in [0.1, 0.15) is 42.0 Å². The van der Waals surface area contributed by atoms with Gasteiger partial charge in [-0.1, -0.05) is 44.2 Å². The molecular weight excluding hydrogens is 1020 g/mol. The maximum Gasteiger partial charge on any atom is 0.354 e. The van der Waals surface area contributed by atoms with E-state index in [4.69, 9.17) is 17.2 Å². The first-order valence-corrected chi connectivity index (χ1v) is 25.5. The highest BCUT2D eigenvalue weighted by atomic mass is 16.3. The van der Waals surface area contributed by atoms with E-state index in [2.05, 4.69) is 53.1 Å². The molecule has 0 bridgehead atoms. The predicted molar refractivity (Wildman–Crippen MR) is 284 cm³/mol. The fraction of sp³-hybridized carbons (Fsp3) is 0.520. The van der Waals surface area contributed by atoms with Crippen LogP contribution in [0.15, 0.2) is 54.7 Å². The Hall–Kier alpha value is -8.08. The number of carbonyl (C=O) groups excluding carboxylic acids is 10. The van der Waals surface area contributed by atoms with Crippen LogP contribution in [0.2, 0.25) is 0 Å². The number of aliphatic hydroxyl groups is 2. The number of benzene rings is 2. The molecule has 28 nitrogen and oxygen atoms in total. The highest BCUT2D eigenvalue weighted by Crippen LogP contribution is 2.20. The molecule has 0 aliphatic rings. The normalized spacial score (nSPS) is 13.7. The van der Waals surface area contributed by atoms with E-state index >= 15 is 0 Å². The van der Waals surface area contributed by atoms with Crippen LogP contribution in [0.4, 0.5) is 9.59 Å². The lowest BCUT2D eigenvalue weighted by molar-refractivity contribution is -0.136.